The molecule has 17 heavy (non-hydrogen) atoms. The molecule has 0 aromatic carbocycles. The zero-order valence-electron chi connectivity index (χ0n) is 11.1. The summed E-state index contributed by atoms with van der Waals surface area (Å²) in [4.78, 5) is 0. The highest BCUT2D eigenvalue weighted by atomic mass is 16.5. The summed E-state index contributed by atoms with van der Waals surface area (Å²) in [5.74, 6) is 0.314. The minimum Gasteiger partial charge on any atom is -0.409 e. The third-order valence-corrected chi connectivity index (χ3v) is 3.65. The molecule has 0 amide bonds. The lowest BCUT2D eigenvalue weighted by Gasteiger charge is -2.22. The van der Waals surface area contributed by atoms with Crippen LogP contribution in [0.3, 0.4) is 0 Å². The van der Waals surface area contributed by atoms with E-state index in [1.54, 1.807) is 0 Å². The molecule has 4 heteroatoms. The van der Waals surface area contributed by atoms with Gasteiger partial charge in [0.15, 0.2) is 0 Å². The highest BCUT2D eigenvalue weighted by Gasteiger charge is 2.22. The summed E-state index contributed by atoms with van der Waals surface area (Å²) in [6.45, 7) is 4.84. The van der Waals surface area contributed by atoms with Crippen LogP contribution in [0.1, 0.15) is 58.8 Å². The van der Waals surface area contributed by atoms with E-state index in [-0.39, 0.29) is 5.41 Å². The Bertz CT molecular complexity index is 246. The number of rotatable bonds is 7. The van der Waals surface area contributed by atoms with Gasteiger partial charge in [-0.15, -0.1) is 0 Å². The largest absolute Gasteiger partial charge is 0.409 e. The van der Waals surface area contributed by atoms with Gasteiger partial charge in [-0.1, -0.05) is 38.3 Å². The van der Waals surface area contributed by atoms with Gasteiger partial charge in [0.05, 0.1) is 6.10 Å². The van der Waals surface area contributed by atoms with E-state index in [4.69, 9.17) is 15.7 Å². The second kappa shape index (κ2) is 6.84. The van der Waals surface area contributed by atoms with Crippen LogP contribution in [0.5, 0.6) is 0 Å². The van der Waals surface area contributed by atoms with E-state index in [0.717, 1.165) is 25.9 Å². The quantitative estimate of drug-likeness (QED) is 0.237. The fraction of sp³-hybridized carbons (Fsp3) is 0.923. The molecular weight excluding hydrogens is 216 g/mol. The topological polar surface area (TPSA) is 67.8 Å². The second-order valence-electron chi connectivity index (χ2n) is 5.60. The highest BCUT2D eigenvalue weighted by Crippen LogP contribution is 2.24. The summed E-state index contributed by atoms with van der Waals surface area (Å²) in [7, 11) is 0. The molecular formula is C13H26N2O2. The maximum atomic E-state index is 8.65. The predicted molar refractivity (Wildman–Crippen MR) is 69.2 cm³/mol. The van der Waals surface area contributed by atoms with Crippen molar-refractivity contribution >= 4 is 5.84 Å². The number of nitrogens with zero attached hydrogens (tertiary/aromatic N) is 1. The van der Waals surface area contributed by atoms with E-state index in [1.165, 1.54) is 25.7 Å². The molecule has 0 radical (unpaired) electrons. The molecule has 100 valence electrons. The molecule has 1 aliphatic rings. The maximum Gasteiger partial charge on any atom is 0.144 e. The first-order chi connectivity index (χ1) is 8.06. The number of ether oxygens (including phenoxy) is 1. The summed E-state index contributed by atoms with van der Waals surface area (Å²) in [6, 6.07) is 0. The van der Waals surface area contributed by atoms with Gasteiger partial charge in [0, 0.05) is 12.0 Å². The molecule has 0 atom stereocenters. The zero-order valence-corrected chi connectivity index (χ0v) is 11.1. The van der Waals surface area contributed by atoms with Crippen molar-refractivity contribution in [3.05, 3.63) is 0 Å². The Morgan fingerprint density at radius 1 is 1.35 bits per heavy atom. The smallest absolute Gasteiger partial charge is 0.144 e. The summed E-state index contributed by atoms with van der Waals surface area (Å²) >= 11 is 0. The van der Waals surface area contributed by atoms with E-state index < -0.39 is 0 Å². The van der Waals surface area contributed by atoms with Gasteiger partial charge in [0.2, 0.25) is 0 Å². The van der Waals surface area contributed by atoms with Crippen LogP contribution in [0.15, 0.2) is 5.16 Å². The van der Waals surface area contributed by atoms with Gasteiger partial charge < -0.3 is 15.7 Å². The van der Waals surface area contributed by atoms with Crippen molar-refractivity contribution in [3.63, 3.8) is 0 Å². The van der Waals surface area contributed by atoms with Crippen LogP contribution >= 0.6 is 0 Å². The third-order valence-electron chi connectivity index (χ3n) is 3.65. The molecule has 0 spiro atoms. The fourth-order valence-electron chi connectivity index (χ4n) is 2.24. The maximum absolute atomic E-state index is 8.65. The molecule has 3 N–H and O–H groups in total. The third kappa shape index (κ3) is 4.94. The average Bonchev–Trinajstić information content (AvgIpc) is 2.80. The number of hydrogen-bond acceptors (Lipinski definition) is 3. The van der Waals surface area contributed by atoms with Gasteiger partial charge in [-0.2, -0.15) is 0 Å². The van der Waals surface area contributed by atoms with Gasteiger partial charge in [-0.25, -0.2) is 0 Å². The molecule has 1 aliphatic carbocycles. The first-order valence-electron chi connectivity index (χ1n) is 6.66. The van der Waals surface area contributed by atoms with Gasteiger partial charge in [0.25, 0.3) is 0 Å². The molecule has 0 saturated heterocycles. The van der Waals surface area contributed by atoms with Crippen LogP contribution in [0.25, 0.3) is 0 Å². The number of oxime groups is 1. The van der Waals surface area contributed by atoms with E-state index in [2.05, 4.69) is 5.16 Å². The van der Waals surface area contributed by atoms with Crippen molar-refractivity contribution in [3.8, 4) is 0 Å². The van der Waals surface area contributed by atoms with Crippen LogP contribution in [0, 0.1) is 5.41 Å². The molecule has 4 nitrogen and oxygen atoms in total. The Labute approximate surface area is 104 Å². The lowest BCUT2D eigenvalue weighted by molar-refractivity contribution is 0.0550. The zero-order chi connectivity index (χ0) is 12.7. The number of amidine groups is 1. The fourth-order valence-corrected chi connectivity index (χ4v) is 2.24. The molecule has 0 aliphatic heterocycles. The monoisotopic (exact) mass is 242 g/mol. The van der Waals surface area contributed by atoms with E-state index in [0.29, 0.717) is 11.9 Å². The van der Waals surface area contributed by atoms with Crippen LogP contribution in [-0.4, -0.2) is 23.8 Å². The Morgan fingerprint density at radius 3 is 2.59 bits per heavy atom. The van der Waals surface area contributed by atoms with E-state index >= 15 is 0 Å². The number of unbranched alkanes of at least 4 members (excludes halogenated alkanes) is 1. The summed E-state index contributed by atoms with van der Waals surface area (Å²) in [6.07, 6.45) is 8.64. The van der Waals surface area contributed by atoms with E-state index in [1.807, 2.05) is 13.8 Å². The molecule has 0 bridgehead atoms. The Hall–Kier alpha value is -0.770. The molecule has 1 saturated carbocycles. The van der Waals surface area contributed by atoms with Gasteiger partial charge >= 0.3 is 0 Å². The van der Waals surface area contributed by atoms with Crippen LogP contribution in [0.4, 0.5) is 0 Å². The molecule has 1 fully saturated rings. The SMILES string of the molecule is CC(C)(CCCCOC1CCCC1)C(N)=NO. The normalized spacial score (nSPS) is 18.8. The first-order valence-corrected chi connectivity index (χ1v) is 6.66. The van der Waals surface area contributed by atoms with Gasteiger partial charge in [0.1, 0.15) is 5.84 Å². The standard InChI is InChI=1S/C13H26N2O2/c1-13(2,12(14)15-16)9-5-6-10-17-11-7-3-4-8-11/h11,16H,3-10H2,1-2H3,(H2,14,15). The molecule has 0 aromatic rings. The van der Waals surface area contributed by atoms with E-state index in [9.17, 15) is 0 Å². The first kappa shape index (κ1) is 14.3. The predicted octanol–water partition coefficient (Wildman–Crippen LogP) is 2.89. The molecule has 0 heterocycles. The minimum absolute atomic E-state index is 0.220. The van der Waals surface area contributed by atoms with Crippen molar-refractivity contribution in [2.45, 2.75) is 64.9 Å². The van der Waals surface area contributed by atoms with Gasteiger partial charge in [-0.3, -0.25) is 0 Å². The van der Waals surface area contributed by atoms with Crippen LogP contribution in [-0.2, 0) is 4.74 Å². The molecule has 1 rings (SSSR count). The van der Waals surface area contributed by atoms with Crippen molar-refractivity contribution in [2.24, 2.45) is 16.3 Å². The summed E-state index contributed by atoms with van der Waals surface area (Å²) in [5, 5.41) is 11.7. The minimum atomic E-state index is -0.220. The second-order valence-corrected chi connectivity index (χ2v) is 5.60. The lowest BCUT2D eigenvalue weighted by Crippen LogP contribution is -2.31. The Kier molecular flexibility index (Phi) is 5.75. The van der Waals surface area contributed by atoms with Crippen LogP contribution < -0.4 is 5.73 Å². The van der Waals surface area contributed by atoms with Crippen molar-refractivity contribution in [2.75, 3.05) is 6.61 Å². The average molecular weight is 242 g/mol. The lowest BCUT2D eigenvalue weighted by atomic mass is 9.86. The van der Waals surface area contributed by atoms with Crippen molar-refractivity contribution in [1.29, 1.82) is 0 Å². The van der Waals surface area contributed by atoms with Crippen molar-refractivity contribution < 1.29 is 9.94 Å². The highest BCUT2D eigenvalue weighted by molar-refractivity contribution is 5.85. The number of hydrogen-bond donors (Lipinski definition) is 2. The number of nitrogens with two attached hydrogens (primary N) is 1. The molecule has 0 unspecified atom stereocenters. The van der Waals surface area contributed by atoms with Crippen LogP contribution in [0.2, 0.25) is 0 Å². The van der Waals surface area contributed by atoms with Crippen molar-refractivity contribution in [1.82, 2.24) is 0 Å². The van der Waals surface area contributed by atoms with Gasteiger partial charge in [-0.05, 0) is 25.7 Å². The summed E-state index contributed by atoms with van der Waals surface area (Å²) < 4.78 is 5.79. The molecule has 0 aromatic heterocycles. The summed E-state index contributed by atoms with van der Waals surface area (Å²) in [5.41, 5.74) is 5.41. The Balaban J connectivity index is 2.07. The Morgan fingerprint density at radius 2 is 2.00 bits per heavy atom.